The van der Waals surface area contributed by atoms with Gasteiger partial charge in [0.05, 0.1) is 6.42 Å². The van der Waals surface area contributed by atoms with Gasteiger partial charge >= 0.3 is 5.97 Å². The van der Waals surface area contributed by atoms with Crippen molar-refractivity contribution in [3.8, 4) is 5.75 Å². The molecule has 2 aromatic carbocycles. The van der Waals surface area contributed by atoms with Crippen LogP contribution in [0.5, 0.6) is 5.75 Å². The van der Waals surface area contributed by atoms with Crippen LogP contribution in [0.3, 0.4) is 0 Å². The van der Waals surface area contributed by atoms with Gasteiger partial charge in [-0.3, -0.25) is 4.79 Å². The Balaban J connectivity index is 2.09. The molecule has 2 rings (SSSR count). The van der Waals surface area contributed by atoms with Crippen LogP contribution in [0.4, 0.5) is 0 Å². The van der Waals surface area contributed by atoms with Gasteiger partial charge in [0, 0.05) is 0 Å². The molecule has 0 unspecified atom stereocenters. The molecule has 0 saturated heterocycles. The summed E-state index contributed by atoms with van der Waals surface area (Å²) in [5, 5.41) is 0. The van der Waals surface area contributed by atoms with Crippen LogP contribution in [0.25, 0.3) is 0 Å². The molecule has 0 aliphatic carbocycles. The van der Waals surface area contributed by atoms with Gasteiger partial charge in [0.15, 0.2) is 0 Å². The van der Waals surface area contributed by atoms with Gasteiger partial charge in [-0.15, -0.1) is 0 Å². The van der Waals surface area contributed by atoms with Crippen LogP contribution >= 0.6 is 0 Å². The monoisotopic (exact) mass is 268 g/mol. The maximum absolute atomic E-state index is 12.0. The normalized spacial score (nSPS) is 10.6. The maximum atomic E-state index is 12.0. The second kappa shape index (κ2) is 6.38. The van der Waals surface area contributed by atoms with Crippen LogP contribution in [0.15, 0.2) is 48.5 Å². The number of aryl methyl sites for hydroxylation is 1. The minimum Gasteiger partial charge on any atom is -0.426 e. The minimum atomic E-state index is -0.222. The molecule has 2 nitrogen and oxygen atoms in total. The van der Waals surface area contributed by atoms with E-state index in [1.165, 1.54) is 5.56 Å². The third-order valence-corrected chi connectivity index (χ3v) is 3.29. The topological polar surface area (TPSA) is 26.3 Å². The van der Waals surface area contributed by atoms with Crippen LogP contribution in [0.1, 0.15) is 36.5 Å². The fourth-order valence-electron chi connectivity index (χ4n) is 2.01. The highest BCUT2D eigenvalue weighted by atomic mass is 16.5. The smallest absolute Gasteiger partial charge is 0.315 e. The summed E-state index contributed by atoms with van der Waals surface area (Å²) in [4.78, 5) is 12.0. The molecule has 0 N–H and O–H groups in total. The van der Waals surface area contributed by atoms with Crippen molar-refractivity contribution in [2.24, 2.45) is 0 Å². The van der Waals surface area contributed by atoms with Crippen molar-refractivity contribution >= 4 is 5.97 Å². The highest BCUT2D eigenvalue weighted by molar-refractivity contribution is 5.75. The van der Waals surface area contributed by atoms with E-state index in [1.54, 1.807) is 0 Å². The fourth-order valence-corrected chi connectivity index (χ4v) is 2.01. The van der Waals surface area contributed by atoms with Gasteiger partial charge in [-0.2, -0.15) is 0 Å². The average Bonchev–Trinajstić information content (AvgIpc) is 2.42. The number of carbonyl (C=O) groups excluding carboxylic acids is 1. The first-order valence-corrected chi connectivity index (χ1v) is 6.91. The van der Waals surface area contributed by atoms with Gasteiger partial charge in [0.2, 0.25) is 0 Å². The summed E-state index contributed by atoms with van der Waals surface area (Å²) < 4.78 is 5.50. The molecule has 0 aliphatic rings. The Morgan fingerprint density at radius 2 is 1.80 bits per heavy atom. The Bertz CT molecular complexity index is 586. The van der Waals surface area contributed by atoms with E-state index in [0.29, 0.717) is 18.1 Å². The van der Waals surface area contributed by atoms with Crippen molar-refractivity contribution in [3.05, 3.63) is 65.2 Å². The number of hydrogen-bond acceptors (Lipinski definition) is 2. The van der Waals surface area contributed by atoms with Gasteiger partial charge in [0.25, 0.3) is 0 Å². The highest BCUT2D eigenvalue weighted by Crippen LogP contribution is 2.24. The predicted molar refractivity (Wildman–Crippen MR) is 81.0 cm³/mol. The standard InChI is InChI=1S/C18H20O2/c1-13(2)16-10-9-14(3)17(12-16)20-18(19)11-15-7-5-4-6-8-15/h4-10,12-13H,11H2,1-3H3. The van der Waals surface area contributed by atoms with Crippen LogP contribution in [0, 0.1) is 6.92 Å². The van der Waals surface area contributed by atoms with E-state index < -0.39 is 0 Å². The molecule has 20 heavy (non-hydrogen) atoms. The van der Waals surface area contributed by atoms with Crippen molar-refractivity contribution < 1.29 is 9.53 Å². The Morgan fingerprint density at radius 3 is 2.45 bits per heavy atom. The van der Waals surface area contributed by atoms with Crippen LogP contribution in [-0.2, 0) is 11.2 Å². The van der Waals surface area contributed by atoms with Gasteiger partial charge in [-0.1, -0.05) is 56.3 Å². The first-order valence-electron chi connectivity index (χ1n) is 6.91. The molecule has 0 saturated carbocycles. The molecule has 2 aromatic rings. The molecule has 104 valence electrons. The third-order valence-electron chi connectivity index (χ3n) is 3.29. The van der Waals surface area contributed by atoms with E-state index in [9.17, 15) is 4.79 Å². The van der Waals surface area contributed by atoms with Crippen LogP contribution in [0.2, 0.25) is 0 Å². The van der Waals surface area contributed by atoms with Gasteiger partial charge in [-0.25, -0.2) is 0 Å². The van der Waals surface area contributed by atoms with Crippen molar-refractivity contribution in [2.75, 3.05) is 0 Å². The quantitative estimate of drug-likeness (QED) is 0.611. The van der Waals surface area contributed by atoms with Crippen molar-refractivity contribution in [2.45, 2.75) is 33.1 Å². The van der Waals surface area contributed by atoms with Crippen molar-refractivity contribution in [3.63, 3.8) is 0 Å². The average molecular weight is 268 g/mol. The lowest BCUT2D eigenvalue weighted by molar-refractivity contribution is -0.133. The summed E-state index contributed by atoms with van der Waals surface area (Å²) in [6.07, 6.45) is 0.298. The van der Waals surface area contributed by atoms with E-state index in [1.807, 2.05) is 49.4 Å². The van der Waals surface area contributed by atoms with E-state index in [2.05, 4.69) is 19.9 Å². The predicted octanol–water partition coefficient (Wildman–Crippen LogP) is 4.27. The van der Waals surface area contributed by atoms with Crippen molar-refractivity contribution in [1.29, 1.82) is 0 Å². The summed E-state index contributed by atoms with van der Waals surface area (Å²) in [7, 11) is 0. The zero-order valence-corrected chi connectivity index (χ0v) is 12.2. The molecular formula is C18H20O2. The third kappa shape index (κ3) is 3.70. The lowest BCUT2D eigenvalue weighted by atomic mass is 10.0. The maximum Gasteiger partial charge on any atom is 0.315 e. The molecule has 0 aromatic heterocycles. The summed E-state index contributed by atoms with van der Waals surface area (Å²) in [5.41, 5.74) is 3.13. The number of rotatable bonds is 4. The molecule has 0 radical (unpaired) electrons. The lowest BCUT2D eigenvalue weighted by Gasteiger charge is -2.11. The molecule has 0 spiro atoms. The van der Waals surface area contributed by atoms with Gasteiger partial charge in [-0.05, 0) is 35.6 Å². The second-order valence-corrected chi connectivity index (χ2v) is 5.32. The molecular weight excluding hydrogens is 248 g/mol. The lowest BCUT2D eigenvalue weighted by Crippen LogP contribution is -2.12. The number of benzene rings is 2. The van der Waals surface area contributed by atoms with E-state index in [0.717, 1.165) is 11.1 Å². The Morgan fingerprint density at radius 1 is 1.10 bits per heavy atom. The Kier molecular flexibility index (Phi) is 4.57. The Labute approximate surface area is 120 Å². The highest BCUT2D eigenvalue weighted by Gasteiger charge is 2.10. The first kappa shape index (κ1) is 14.3. The Hall–Kier alpha value is -2.09. The molecule has 0 bridgehead atoms. The number of hydrogen-bond donors (Lipinski definition) is 0. The molecule has 0 atom stereocenters. The van der Waals surface area contributed by atoms with E-state index in [4.69, 9.17) is 4.74 Å². The zero-order chi connectivity index (χ0) is 14.5. The molecule has 2 heteroatoms. The largest absolute Gasteiger partial charge is 0.426 e. The SMILES string of the molecule is Cc1ccc(C(C)C)cc1OC(=O)Cc1ccccc1. The fraction of sp³-hybridized carbons (Fsp3) is 0.278. The summed E-state index contributed by atoms with van der Waals surface area (Å²) in [6, 6.07) is 15.7. The molecule has 0 aliphatic heterocycles. The zero-order valence-electron chi connectivity index (χ0n) is 12.2. The van der Waals surface area contributed by atoms with Crippen LogP contribution < -0.4 is 4.74 Å². The number of esters is 1. The number of carbonyl (C=O) groups is 1. The minimum absolute atomic E-state index is 0.222. The second-order valence-electron chi connectivity index (χ2n) is 5.32. The molecule has 0 heterocycles. The van der Waals surface area contributed by atoms with Crippen molar-refractivity contribution in [1.82, 2.24) is 0 Å². The first-order chi connectivity index (χ1) is 9.56. The summed E-state index contributed by atoms with van der Waals surface area (Å²) in [6.45, 7) is 6.20. The molecule has 0 amide bonds. The summed E-state index contributed by atoms with van der Waals surface area (Å²) >= 11 is 0. The van der Waals surface area contributed by atoms with E-state index in [-0.39, 0.29) is 5.97 Å². The van der Waals surface area contributed by atoms with Gasteiger partial charge in [0.1, 0.15) is 5.75 Å². The number of ether oxygens (including phenoxy) is 1. The van der Waals surface area contributed by atoms with Gasteiger partial charge < -0.3 is 4.74 Å². The van der Waals surface area contributed by atoms with E-state index >= 15 is 0 Å². The van der Waals surface area contributed by atoms with Crippen LogP contribution in [-0.4, -0.2) is 5.97 Å². The molecule has 0 fully saturated rings. The summed E-state index contributed by atoms with van der Waals surface area (Å²) in [5.74, 6) is 0.861.